The molecule has 1 aliphatic rings. The minimum atomic E-state index is 0.717. The van der Waals surface area contributed by atoms with Gasteiger partial charge in [-0.1, -0.05) is 6.92 Å². The Hall–Kier alpha value is -0.830. The zero-order valence-corrected chi connectivity index (χ0v) is 8.09. The standard InChI is InChI=1S/C10H17N3/c1-2-10(9-3-4-9)11-5-8-6-12-13-7-8/h6-7,9-11H,2-5H2,1H3,(H,12,13). The van der Waals surface area contributed by atoms with Crippen molar-refractivity contribution in [1.82, 2.24) is 15.5 Å². The van der Waals surface area contributed by atoms with E-state index in [2.05, 4.69) is 22.4 Å². The van der Waals surface area contributed by atoms with Crippen LogP contribution in [0.3, 0.4) is 0 Å². The molecule has 1 atom stereocenters. The third-order valence-electron chi connectivity index (χ3n) is 2.75. The van der Waals surface area contributed by atoms with Crippen molar-refractivity contribution in [3.05, 3.63) is 18.0 Å². The maximum Gasteiger partial charge on any atom is 0.0532 e. The normalized spacial score (nSPS) is 18.8. The monoisotopic (exact) mass is 179 g/mol. The van der Waals surface area contributed by atoms with Crippen molar-refractivity contribution in [2.45, 2.75) is 38.8 Å². The molecule has 3 heteroatoms. The Bertz CT molecular complexity index is 239. The van der Waals surface area contributed by atoms with Gasteiger partial charge in [0.15, 0.2) is 0 Å². The Kier molecular flexibility index (Phi) is 2.64. The summed E-state index contributed by atoms with van der Waals surface area (Å²) in [6.07, 6.45) is 7.90. The molecule has 0 spiro atoms. The van der Waals surface area contributed by atoms with Gasteiger partial charge < -0.3 is 5.32 Å². The molecule has 0 bridgehead atoms. The number of H-pyrrole nitrogens is 1. The number of hydrogen-bond donors (Lipinski definition) is 2. The van der Waals surface area contributed by atoms with Crippen molar-refractivity contribution in [1.29, 1.82) is 0 Å². The van der Waals surface area contributed by atoms with Gasteiger partial charge in [-0.25, -0.2) is 0 Å². The Morgan fingerprint density at radius 2 is 2.54 bits per heavy atom. The zero-order chi connectivity index (χ0) is 9.10. The highest BCUT2D eigenvalue weighted by Gasteiger charge is 2.29. The van der Waals surface area contributed by atoms with Crippen LogP contribution >= 0.6 is 0 Å². The second-order valence-corrected chi connectivity index (χ2v) is 3.84. The van der Waals surface area contributed by atoms with E-state index in [-0.39, 0.29) is 0 Å². The van der Waals surface area contributed by atoms with Crippen LogP contribution in [-0.2, 0) is 6.54 Å². The molecule has 0 aromatic carbocycles. The fourth-order valence-corrected chi connectivity index (χ4v) is 1.77. The Morgan fingerprint density at radius 1 is 1.69 bits per heavy atom. The maximum absolute atomic E-state index is 3.92. The van der Waals surface area contributed by atoms with Crippen molar-refractivity contribution < 1.29 is 0 Å². The molecule has 3 nitrogen and oxygen atoms in total. The molecule has 13 heavy (non-hydrogen) atoms. The Morgan fingerprint density at radius 3 is 3.08 bits per heavy atom. The largest absolute Gasteiger partial charge is 0.310 e. The average Bonchev–Trinajstić information content (AvgIpc) is 2.84. The number of aromatic nitrogens is 2. The molecule has 1 saturated carbocycles. The van der Waals surface area contributed by atoms with E-state index in [0.717, 1.165) is 18.5 Å². The van der Waals surface area contributed by atoms with E-state index >= 15 is 0 Å². The summed E-state index contributed by atoms with van der Waals surface area (Å²) in [6, 6.07) is 0.717. The topological polar surface area (TPSA) is 40.7 Å². The molecule has 2 N–H and O–H groups in total. The molecule has 72 valence electrons. The second kappa shape index (κ2) is 3.92. The molecule has 0 saturated heterocycles. The van der Waals surface area contributed by atoms with Crippen LogP contribution in [0.5, 0.6) is 0 Å². The van der Waals surface area contributed by atoms with Gasteiger partial charge in [-0.05, 0) is 25.2 Å². The van der Waals surface area contributed by atoms with Crippen LogP contribution in [0.15, 0.2) is 12.4 Å². The van der Waals surface area contributed by atoms with Gasteiger partial charge in [-0.2, -0.15) is 5.10 Å². The summed E-state index contributed by atoms with van der Waals surface area (Å²) in [7, 11) is 0. The van der Waals surface area contributed by atoms with Gasteiger partial charge in [-0.3, -0.25) is 5.10 Å². The number of rotatable bonds is 5. The van der Waals surface area contributed by atoms with E-state index in [1.165, 1.54) is 24.8 Å². The van der Waals surface area contributed by atoms with Crippen molar-refractivity contribution in [2.24, 2.45) is 5.92 Å². The number of nitrogens with zero attached hydrogens (tertiary/aromatic N) is 1. The molecule has 0 amide bonds. The van der Waals surface area contributed by atoms with Gasteiger partial charge in [-0.15, -0.1) is 0 Å². The van der Waals surface area contributed by atoms with Gasteiger partial charge in [0.1, 0.15) is 0 Å². The lowest BCUT2D eigenvalue weighted by Crippen LogP contribution is -2.29. The van der Waals surface area contributed by atoms with Crippen LogP contribution in [0.25, 0.3) is 0 Å². The molecule has 1 fully saturated rings. The van der Waals surface area contributed by atoms with Gasteiger partial charge in [0, 0.05) is 24.3 Å². The number of hydrogen-bond acceptors (Lipinski definition) is 2. The molecular formula is C10H17N3. The first-order valence-electron chi connectivity index (χ1n) is 5.11. The highest BCUT2D eigenvalue weighted by Crippen LogP contribution is 2.33. The summed E-state index contributed by atoms with van der Waals surface area (Å²) in [5.41, 5.74) is 1.25. The fourth-order valence-electron chi connectivity index (χ4n) is 1.77. The third kappa shape index (κ3) is 2.31. The fraction of sp³-hybridized carbons (Fsp3) is 0.700. The predicted molar refractivity (Wildman–Crippen MR) is 52.2 cm³/mol. The van der Waals surface area contributed by atoms with E-state index in [9.17, 15) is 0 Å². The van der Waals surface area contributed by atoms with Gasteiger partial charge in [0.25, 0.3) is 0 Å². The van der Waals surface area contributed by atoms with Crippen LogP contribution in [0.2, 0.25) is 0 Å². The summed E-state index contributed by atoms with van der Waals surface area (Å²) >= 11 is 0. The molecular weight excluding hydrogens is 162 g/mol. The molecule has 1 aliphatic carbocycles. The molecule has 1 aromatic rings. The predicted octanol–water partition coefficient (Wildman–Crippen LogP) is 1.69. The van der Waals surface area contributed by atoms with Crippen molar-refractivity contribution in [2.75, 3.05) is 0 Å². The van der Waals surface area contributed by atoms with E-state index in [1.54, 1.807) is 0 Å². The first-order chi connectivity index (χ1) is 6.40. The van der Waals surface area contributed by atoms with Crippen LogP contribution in [-0.4, -0.2) is 16.2 Å². The Balaban J connectivity index is 1.77. The molecule has 0 radical (unpaired) electrons. The van der Waals surface area contributed by atoms with Crippen molar-refractivity contribution in [3.8, 4) is 0 Å². The smallest absolute Gasteiger partial charge is 0.0532 e. The second-order valence-electron chi connectivity index (χ2n) is 3.84. The van der Waals surface area contributed by atoms with Gasteiger partial charge in [0.05, 0.1) is 6.20 Å². The highest BCUT2D eigenvalue weighted by molar-refractivity contribution is 5.02. The highest BCUT2D eigenvalue weighted by atomic mass is 15.1. The molecule has 1 heterocycles. The lowest BCUT2D eigenvalue weighted by atomic mass is 10.1. The number of aromatic amines is 1. The first kappa shape index (κ1) is 8.75. The lowest BCUT2D eigenvalue weighted by molar-refractivity contribution is 0.449. The van der Waals surface area contributed by atoms with E-state index < -0.39 is 0 Å². The molecule has 1 aromatic heterocycles. The van der Waals surface area contributed by atoms with Crippen LogP contribution < -0.4 is 5.32 Å². The van der Waals surface area contributed by atoms with Gasteiger partial charge in [0.2, 0.25) is 0 Å². The molecule has 1 unspecified atom stereocenters. The maximum atomic E-state index is 3.92. The van der Waals surface area contributed by atoms with Crippen molar-refractivity contribution in [3.63, 3.8) is 0 Å². The SMILES string of the molecule is CCC(NCc1cn[nH]c1)C1CC1. The Labute approximate surface area is 78.9 Å². The van der Waals surface area contributed by atoms with Crippen LogP contribution in [0, 0.1) is 5.92 Å². The quantitative estimate of drug-likeness (QED) is 0.722. The first-order valence-corrected chi connectivity index (χ1v) is 5.11. The van der Waals surface area contributed by atoms with E-state index in [1.807, 2.05) is 12.4 Å². The molecule has 0 aliphatic heterocycles. The summed E-state index contributed by atoms with van der Waals surface area (Å²) < 4.78 is 0. The van der Waals surface area contributed by atoms with Crippen LogP contribution in [0.1, 0.15) is 31.7 Å². The average molecular weight is 179 g/mol. The summed E-state index contributed by atoms with van der Waals surface area (Å²) in [5, 5.41) is 10.3. The lowest BCUT2D eigenvalue weighted by Gasteiger charge is -2.14. The summed E-state index contributed by atoms with van der Waals surface area (Å²) in [5.74, 6) is 0.942. The van der Waals surface area contributed by atoms with Gasteiger partial charge >= 0.3 is 0 Å². The van der Waals surface area contributed by atoms with Crippen molar-refractivity contribution >= 4 is 0 Å². The molecule has 2 rings (SSSR count). The van der Waals surface area contributed by atoms with E-state index in [4.69, 9.17) is 0 Å². The number of nitrogens with one attached hydrogen (secondary N) is 2. The minimum Gasteiger partial charge on any atom is -0.310 e. The minimum absolute atomic E-state index is 0.717. The zero-order valence-electron chi connectivity index (χ0n) is 8.09. The summed E-state index contributed by atoms with van der Waals surface area (Å²) in [6.45, 7) is 3.21. The van der Waals surface area contributed by atoms with E-state index in [0.29, 0.717) is 0 Å². The summed E-state index contributed by atoms with van der Waals surface area (Å²) in [4.78, 5) is 0. The van der Waals surface area contributed by atoms with Crippen LogP contribution in [0.4, 0.5) is 0 Å². The third-order valence-corrected chi connectivity index (χ3v) is 2.75.